The fraction of sp³-hybridized carbons (Fsp3) is 0.423. The molecule has 1 amide bonds. The summed E-state index contributed by atoms with van der Waals surface area (Å²) in [6.45, 7) is 5.44. The lowest BCUT2D eigenvalue weighted by molar-refractivity contribution is -0.117. The molecule has 210 valence electrons. The maximum absolute atomic E-state index is 12.7. The number of amides is 1. The number of likely N-dealkylation sites (tertiary alicyclic amines) is 1. The first-order valence-corrected chi connectivity index (χ1v) is 15.5. The van der Waals surface area contributed by atoms with Crippen LogP contribution in [0.3, 0.4) is 0 Å². The molecule has 4 rings (SSSR count). The van der Waals surface area contributed by atoms with E-state index in [1.165, 1.54) is 6.20 Å². The highest BCUT2D eigenvalue weighted by atomic mass is 35.5. The van der Waals surface area contributed by atoms with Gasteiger partial charge in [0.05, 0.1) is 23.7 Å². The van der Waals surface area contributed by atoms with Crippen LogP contribution in [0, 0.1) is 0 Å². The largest absolute Gasteiger partial charge is 0.337 e. The van der Waals surface area contributed by atoms with Gasteiger partial charge in [0.25, 0.3) is 0 Å². The Morgan fingerprint density at radius 3 is 2.59 bits per heavy atom. The molecule has 2 aromatic heterocycles. The number of nitrogens with zero attached hydrogens (tertiary/aromatic N) is 4. The van der Waals surface area contributed by atoms with Gasteiger partial charge in [0.15, 0.2) is 15.7 Å². The Labute approximate surface area is 238 Å². The normalized spacial score (nSPS) is 15.1. The predicted molar refractivity (Wildman–Crippen MR) is 158 cm³/mol. The second-order valence-corrected chi connectivity index (χ2v) is 14.0. The number of hydrogen-bond donors (Lipinski definition) is 3. The molecular weight excluding hydrogens is 558 g/mol. The van der Waals surface area contributed by atoms with E-state index in [-0.39, 0.29) is 26.9 Å². The Hall–Kier alpha value is -2.77. The number of benzene rings is 1. The van der Waals surface area contributed by atoms with E-state index >= 15 is 0 Å². The molecule has 1 aliphatic heterocycles. The molecule has 3 aromatic rings. The monoisotopic (exact) mass is 591 g/mol. The molecule has 0 atom stereocenters. The molecule has 1 saturated heterocycles. The first-order chi connectivity index (χ1) is 18.5. The van der Waals surface area contributed by atoms with Crippen molar-refractivity contribution in [1.29, 1.82) is 0 Å². The molecule has 1 aliphatic rings. The number of piperidine rings is 1. The van der Waals surface area contributed by atoms with Gasteiger partial charge >= 0.3 is 0 Å². The Morgan fingerprint density at radius 2 is 1.90 bits per heavy atom. The van der Waals surface area contributed by atoms with Crippen molar-refractivity contribution in [2.45, 2.75) is 42.2 Å². The molecule has 0 bridgehead atoms. The van der Waals surface area contributed by atoms with Crippen LogP contribution in [0.1, 0.15) is 26.7 Å². The average Bonchev–Trinajstić information content (AvgIpc) is 3.35. The number of carbonyl (C=O) groups excluding carboxylic acids is 1. The summed E-state index contributed by atoms with van der Waals surface area (Å²) in [5, 5.41) is 10.5. The van der Waals surface area contributed by atoms with Gasteiger partial charge in [-0.1, -0.05) is 17.7 Å². The van der Waals surface area contributed by atoms with E-state index in [1.807, 2.05) is 18.2 Å². The van der Waals surface area contributed by atoms with Gasteiger partial charge in [-0.3, -0.25) is 9.69 Å². The topological polar surface area (TPSA) is 120 Å². The number of nitrogens with one attached hydrogen (secondary N) is 3. The average molecular weight is 592 g/mol. The minimum Gasteiger partial charge on any atom is -0.337 e. The smallest absolute Gasteiger partial charge is 0.238 e. The van der Waals surface area contributed by atoms with E-state index in [4.69, 9.17) is 11.6 Å². The van der Waals surface area contributed by atoms with Crippen LogP contribution in [0.5, 0.6) is 0 Å². The van der Waals surface area contributed by atoms with E-state index in [1.54, 1.807) is 31.4 Å². The van der Waals surface area contributed by atoms with Gasteiger partial charge in [-0.25, -0.2) is 13.4 Å². The van der Waals surface area contributed by atoms with Crippen LogP contribution in [0.25, 0.3) is 0 Å². The number of thiophene rings is 1. The second kappa shape index (κ2) is 12.6. The van der Waals surface area contributed by atoms with Gasteiger partial charge in [0, 0.05) is 30.5 Å². The zero-order chi connectivity index (χ0) is 28.2. The SMILES string of the molecule is CC(C)S(=O)(=O)c1sccc1Nc1nc(Nc2cccc(NC(=O)CN3CCC(N(C)C)CC3)c2)ncc1Cl. The van der Waals surface area contributed by atoms with Crippen LogP contribution in [0.15, 0.2) is 46.1 Å². The van der Waals surface area contributed by atoms with E-state index in [0.29, 0.717) is 29.6 Å². The summed E-state index contributed by atoms with van der Waals surface area (Å²) >= 11 is 7.46. The highest BCUT2D eigenvalue weighted by Gasteiger charge is 2.25. The molecule has 0 saturated carbocycles. The number of sulfone groups is 1. The molecule has 0 radical (unpaired) electrons. The number of carbonyl (C=O) groups is 1. The summed E-state index contributed by atoms with van der Waals surface area (Å²) in [4.78, 5) is 25.8. The van der Waals surface area contributed by atoms with Gasteiger partial charge in [-0.2, -0.15) is 4.98 Å². The van der Waals surface area contributed by atoms with E-state index in [9.17, 15) is 13.2 Å². The number of aromatic nitrogens is 2. The van der Waals surface area contributed by atoms with Crippen LogP contribution in [0.4, 0.5) is 28.8 Å². The third-order valence-corrected chi connectivity index (χ3v) is 10.5. The van der Waals surface area contributed by atoms with Crippen molar-refractivity contribution in [3.63, 3.8) is 0 Å². The first-order valence-electron chi connectivity index (χ1n) is 12.7. The van der Waals surface area contributed by atoms with Gasteiger partial charge in [0.1, 0.15) is 9.23 Å². The lowest BCUT2D eigenvalue weighted by atomic mass is 10.0. The molecule has 39 heavy (non-hydrogen) atoms. The van der Waals surface area contributed by atoms with Crippen molar-refractivity contribution in [3.05, 3.63) is 46.9 Å². The highest BCUT2D eigenvalue weighted by molar-refractivity contribution is 7.94. The fourth-order valence-electron chi connectivity index (χ4n) is 4.27. The lowest BCUT2D eigenvalue weighted by Gasteiger charge is -2.34. The predicted octanol–water partition coefficient (Wildman–Crippen LogP) is 4.83. The lowest BCUT2D eigenvalue weighted by Crippen LogP contribution is -2.44. The van der Waals surface area contributed by atoms with Crippen molar-refractivity contribution >= 4 is 67.5 Å². The van der Waals surface area contributed by atoms with Crippen LogP contribution in [-0.4, -0.2) is 79.1 Å². The first kappa shape index (κ1) is 29.2. The highest BCUT2D eigenvalue weighted by Crippen LogP contribution is 2.34. The Balaban J connectivity index is 1.40. The van der Waals surface area contributed by atoms with Gasteiger partial charge in [-0.05, 0) is 70.4 Å². The quantitative estimate of drug-likeness (QED) is 0.305. The maximum atomic E-state index is 12.7. The molecule has 0 spiro atoms. The molecule has 10 nitrogen and oxygen atoms in total. The van der Waals surface area contributed by atoms with Crippen LogP contribution in [-0.2, 0) is 14.6 Å². The van der Waals surface area contributed by atoms with E-state index in [2.05, 4.69) is 49.8 Å². The van der Waals surface area contributed by atoms with Gasteiger partial charge < -0.3 is 20.9 Å². The Bertz CT molecular complexity index is 1400. The zero-order valence-electron chi connectivity index (χ0n) is 22.4. The van der Waals surface area contributed by atoms with Gasteiger partial charge in [0.2, 0.25) is 11.9 Å². The molecule has 0 aliphatic carbocycles. The molecule has 0 unspecified atom stereocenters. The van der Waals surface area contributed by atoms with Gasteiger partial charge in [-0.15, -0.1) is 11.3 Å². The maximum Gasteiger partial charge on any atom is 0.238 e. The molecule has 1 fully saturated rings. The van der Waals surface area contributed by atoms with E-state index in [0.717, 1.165) is 37.3 Å². The number of rotatable bonds is 10. The summed E-state index contributed by atoms with van der Waals surface area (Å²) in [6.07, 6.45) is 3.55. The van der Waals surface area contributed by atoms with Crippen LogP contribution >= 0.6 is 22.9 Å². The molecule has 13 heteroatoms. The van der Waals surface area contributed by atoms with Crippen molar-refractivity contribution in [2.24, 2.45) is 0 Å². The minimum atomic E-state index is -3.47. The second-order valence-electron chi connectivity index (χ2n) is 9.96. The van der Waals surface area contributed by atoms with E-state index < -0.39 is 15.1 Å². The zero-order valence-corrected chi connectivity index (χ0v) is 24.8. The summed E-state index contributed by atoms with van der Waals surface area (Å²) in [6, 6.07) is 9.53. The summed E-state index contributed by atoms with van der Waals surface area (Å²) in [7, 11) is 0.724. The number of hydrogen-bond acceptors (Lipinski definition) is 10. The van der Waals surface area contributed by atoms with Crippen molar-refractivity contribution in [3.8, 4) is 0 Å². The molecule has 1 aromatic carbocycles. The summed E-state index contributed by atoms with van der Waals surface area (Å²) < 4.78 is 25.7. The summed E-state index contributed by atoms with van der Waals surface area (Å²) in [5.41, 5.74) is 1.74. The molecular formula is C26H34ClN7O3S2. The minimum absolute atomic E-state index is 0.0624. The molecule has 3 heterocycles. The summed E-state index contributed by atoms with van der Waals surface area (Å²) in [5.74, 6) is 0.473. The van der Waals surface area contributed by atoms with Crippen LogP contribution < -0.4 is 16.0 Å². The van der Waals surface area contributed by atoms with Crippen molar-refractivity contribution in [2.75, 3.05) is 49.7 Å². The van der Waals surface area contributed by atoms with Crippen LogP contribution in [0.2, 0.25) is 5.02 Å². The third-order valence-electron chi connectivity index (χ3n) is 6.56. The third kappa shape index (κ3) is 7.46. The molecule has 3 N–H and O–H groups in total. The number of anilines is 5. The number of halogens is 1. The Morgan fingerprint density at radius 1 is 1.18 bits per heavy atom. The standard InChI is InChI=1S/C26H34ClN7O3S2/c1-17(2)39(36,37)25-22(10-13-38-25)31-24-21(27)15-28-26(32-24)30-19-7-5-6-18(14-19)29-23(35)16-34-11-8-20(9-12-34)33(3)4/h5-7,10,13-15,17,20H,8-9,11-12,16H2,1-4H3,(H,29,35)(H2,28,30,31,32). The van der Waals surface area contributed by atoms with Crippen molar-refractivity contribution in [1.82, 2.24) is 19.8 Å². The van der Waals surface area contributed by atoms with Crippen molar-refractivity contribution < 1.29 is 13.2 Å². The Kier molecular flexibility index (Phi) is 9.44. The fourth-order valence-corrected chi connectivity index (χ4v) is 7.11.